The number of aryl methyl sites for hydroxylation is 1. The van der Waals surface area contributed by atoms with Crippen LogP contribution in [-0.2, 0) is 4.65 Å². The Labute approximate surface area is 129 Å². The van der Waals surface area contributed by atoms with E-state index in [1.54, 1.807) is 34.0 Å². The molecule has 21 heavy (non-hydrogen) atoms. The lowest BCUT2D eigenvalue weighted by molar-refractivity contribution is -0.0981. The molecule has 2 aromatic heterocycles. The molecule has 0 unspecified atom stereocenters. The minimum Gasteiger partial charge on any atom is -0.423 e. The van der Waals surface area contributed by atoms with Gasteiger partial charge in [0.05, 0.1) is 28.9 Å². The van der Waals surface area contributed by atoms with Crippen molar-refractivity contribution < 1.29 is 14.8 Å². The number of rotatable bonds is 5. The molecule has 0 amide bonds. The fraction of sp³-hybridized carbons (Fsp3) is 0.500. The van der Waals surface area contributed by atoms with Gasteiger partial charge in [-0.25, -0.2) is 4.98 Å². The Hall–Kier alpha value is -1.15. The minimum atomic E-state index is -1.07. The predicted octanol–water partition coefficient (Wildman–Crippen LogP) is 1.50. The quantitative estimate of drug-likeness (QED) is 0.821. The van der Waals surface area contributed by atoms with Crippen molar-refractivity contribution in [2.75, 3.05) is 0 Å². The normalized spacial score (nSPS) is 12.7. The Morgan fingerprint density at radius 1 is 1.33 bits per heavy atom. The number of imidazole rings is 1. The first-order chi connectivity index (χ1) is 9.60. The second-order valence-corrected chi connectivity index (χ2v) is 7.11. The third-order valence-corrected chi connectivity index (χ3v) is 4.69. The van der Waals surface area contributed by atoms with Gasteiger partial charge in [0.2, 0.25) is 0 Å². The highest BCUT2D eigenvalue weighted by atomic mass is 32.1. The van der Waals surface area contributed by atoms with Crippen molar-refractivity contribution in [3.63, 3.8) is 0 Å². The summed E-state index contributed by atoms with van der Waals surface area (Å²) in [5.74, 6) is 0. The molecule has 5 nitrogen and oxygen atoms in total. The van der Waals surface area contributed by atoms with Gasteiger partial charge in [0.25, 0.3) is 0 Å². The number of aliphatic hydroxyl groups is 1. The molecule has 0 atom stereocenters. The summed E-state index contributed by atoms with van der Waals surface area (Å²) in [5, 5.41) is 22.2. The lowest BCUT2D eigenvalue weighted by Gasteiger charge is -2.38. The highest BCUT2D eigenvalue weighted by molar-refractivity contribution is 7.20. The largest absolute Gasteiger partial charge is 0.502 e. The van der Waals surface area contributed by atoms with Crippen LogP contribution < -0.4 is 4.78 Å². The maximum Gasteiger partial charge on any atom is 0.502 e. The molecule has 0 saturated heterocycles. The van der Waals surface area contributed by atoms with Crippen LogP contribution in [0.3, 0.4) is 0 Å². The number of thiophene rings is 1. The highest BCUT2D eigenvalue weighted by Crippen LogP contribution is 2.25. The number of aromatic nitrogens is 2. The van der Waals surface area contributed by atoms with Gasteiger partial charge in [-0.15, -0.1) is 0 Å². The van der Waals surface area contributed by atoms with Crippen molar-refractivity contribution in [3.05, 3.63) is 29.7 Å². The Morgan fingerprint density at radius 2 is 2.00 bits per heavy atom. The van der Waals surface area contributed by atoms with E-state index in [1.165, 1.54) is 11.3 Å². The Bertz CT molecular complexity index is 616. The smallest absolute Gasteiger partial charge is 0.423 e. The molecule has 2 heterocycles. The van der Waals surface area contributed by atoms with Crippen LogP contribution in [0.15, 0.2) is 24.0 Å². The summed E-state index contributed by atoms with van der Waals surface area (Å²) in [4.78, 5) is 4.18. The Balaban J connectivity index is 2.14. The summed E-state index contributed by atoms with van der Waals surface area (Å²) in [7, 11) is -1.07. The van der Waals surface area contributed by atoms with E-state index in [9.17, 15) is 10.1 Å². The van der Waals surface area contributed by atoms with E-state index in [0.29, 0.717) is 4.78 Å². The van der Waals surface area contributed by atoms with Crippen molar-refractivity contribution in [2.24, 2.45) is 0 Å². The number of hydrogen-bond donors (Lipinski definition) is 2. The predicted molar refractivity (Wildman–Crippen MR) is 85.2 cm³/mol. The molecule has 0 aromatic carbocycles. The van der Waals surface area contributed by atoms with E-state index in [4.69, 9.17) is 4.65 Å². The maximum absolute atomic E-state index is 10.2. The van der Waals surface area contributed by atoms with Crippen LogP contribution in [0.1, 0.15) is 33.4 Å². The monoisotopic (exact) mass is 308 g/mol. The zero-order valence-corrected chi connectivity index (χ0v) is 13.8. The van der Waals surface area contributed by atoms with Crippen molar-refractivity contribution in [3.8, 4) is 5.69 Å². The van der Waals surface area contributed by atoms with Crippen molar-refractivity contribution in [1.29, 1.82) is 0 Å². The molecule has 0 radical (unpaired) electrons. The average molecular weight is 308 g/mol. The van der Waals surface area contributed by atoms with Crippen LogP contribution in [0.5, 0.6) is 0 Å². The van der Waals surface area contributed by atoms with Crippen LogP contribution in [0, 0.1) is 6.92 Å². The number of nitrogens with zero attached hydrogens (tertiary/aromatic N) is 2. The first kappa shape index (κ1) is 16.2. The summed E-state index contributed by atoms with van der Waals surface area (Å²) in [6.45, 7) is 8.75. The van der Waals surface area contributed by atoms with Gasteiger partial charge >= 0.3 is 7.12 Å². The summed E-state index contributed by atoms with van der Waals surface area (Å²) >= 11 is 1.41. The van der Waals surface area contributed by atoms with E-state index in [2.05, 4.69) is 4.98 Å². The minimum absolute atomic E-state index is 0.689. The van der Waals surface area contributed by atoms with Gasteiger partial charge < -0.3 is 19.4 Å². The molecule has 0 aliphatic rings. The molecule has 0 aliphatic heterocycles. The second-order valence-electron chi connectivity index (χ2n) is 6.17. The van der Waals surface area contributed by atoms with Crippen molar-refractivity contribution in [1.82, 2.24) is 9.55 Å². The average Bonchev–Trinajstić information content (AvgIpc) is 2.94. The van der Waals surface area contributed by atoms with Gasteiger partial charge in [0.1, 0.15) is 0 Å². The fourth-order valence-corrected chi connectivity index (χ4v) is 2.45. The molecule has 2 N–H and O–H groups in total. The molecule has 114 valence electrons. The van der Waals surface area contributed by atoms with Crippen LogP contribution in [0.2, 0.25) is 0 Å². The summed E-state index contributed by atoms with van der Waals surface area (Å²) in [6, 6.07) is 1.86. The van der Waals surface area contributed by atoms with E-state index in [-0.39, 0.29) is 0 Å². The van der Waals surface area contributed by atoms with E-state index < -0.39 is 18.3 Å². The van der Waals surface area contributed by atoms with Gasteiger partial charge in [-0.1, -0.05) is 0 Å². The Kier molecular flexibility index (Phi) is 4.30. The highest BCUT2D eigenvalue weighted by Gasteiger charge is 2.39. The van der Waals surface area contributed by atoms with Gasteiger partial charge in [-0.2, -0.15) is 11.3 Å². The summed E-state index contributed by atoms with van der Waals surface area (Å²) in [6.07, 6.45) is 3.65. The zero-order chi connectivity index (χ0) is 15.8. The third-order valence-electron chi connectivity index (χ3n) is 3.74. The molecule has 0 bridgehead atoms. The van der Waals surface area contributed by atoms with E-state index in [0.717, 1.165) is 11.4 Å². The molecule has 0 fully saturated rings. The van der Waals surface area contributed by atoms with Gasteiger partial charge in [-0.3, -0.25) is 0 Å². The van der Waals surface area contributed by atoms with Crippen LogP contribution >= 0.6 is 11.3 Å². The molecule has 2 aromatic rings. The van der Waals surface area contributed by atoms with Crippen molar-refractivity contribution in [2.45, 2.75) is 45.8 Å². The molecule has 2 rings (SSSR count). The standard InChI is InChI=1S/C14H21BN2O3S/c1-10-7-17(9-16-10)11-6-12(21-8-11)15(19)20-14(4,5)13(2,3)18/h6-9,18-19H,1-5H3. The molecular formula is C14H21BN2O3S. The van der Waals surface area contributed by atoms with Gasteiger partial charge in [0.15, 0.2) is 0 Å². The van der Waals surface area contributed by atoms with Gasteiger partial charge in [-0.05, 0) is 40.7 Å². The van der Waals surface area contributed by atoms with Crippen LogP contribution in [0.25, 0.3) is 5.69 Å². The molecule has 0 spiro atoms. The topological polar surface area (TPSA) is 67.5 Å². The summed E-state index contributed by atoms with van der Waals surface area (Å²) in [5.41, 5.74) is -0.0699. The molecule has 7 heteroatoms. The zero-order valence-electron chi connectivity index (χ0n) is 13.0. The van der Waals surface area contributed by atoms with E-state index >= 15 is 0 Å². The first-order valence-corrected chi connectivity index (χ1v) is 7.66. The van der Waals surface area contributed by atoms with Crippen molar-refractivity contribution >= 4 is 23.2 Å². The molecule has 0 saturated carbocycles. The molecular weight excluding hydrogens is 287 g/mol. The first-order valence-electron chi connectivity index (χ1n) is 6.78. The SMILES string of the molecule is Cc1cn(-c2csc(B(O)OC(C)(C)C(C)(C)O)c2)cn1. The molecule has 0 aliphatic carbocycles. The lowest BCUT2D eigenvalue weighted by Crippen LogP contribution is -2.52. The van der Waals surface area contributed by atoms with Crippen LogP contribution in [-0.4, -0.2) is 38.0 Å². The third kappa shape index (κ3) is 3.55. The van der Waals surface area contributed by atoms with Gasteiger partial charge in [0, 0.05) is 16.4 Å². The Morgan fingerprint density at radius 3 is 2.52 bits per heavy atom. The van der Waals surface area contributed by atoms with E-state index in [1.807, 2.05) is 29.1 Å². The number of hydrogen-bond acceptors (Lipinski definition) is 5. The summed E-state index contributed by atoms with van der Waals surface area (Å²) < 4.78 is 8.21. The second kappa shape index (κ2) is 5.57. The van der Waals surface area contributed by atoms with Crippen LogP contribution in [0.4, 0.5) is 0 Å². The lowest BCUT2D eigenvalue weighted by atomic mass is 9.82. The fourth-order valence-electron chi connectivity index (χ4n) is 1.65. The maximum atomic E-state index is 10.2.